The largest absolute Gasteiger partial charge is 0.458 e. The van der Waals surface area contributed by atoms with Crippen molar-refractivity contribution in [1.82, 2.24) is 20.1 Å². The maximum Gasteiger partial charge on any atom is 0.307 e. The van der Waals surface area contributed by atoms with Crippen LogP contribution < -0.4 is 10.6 Å². The van der Waals surface area contributed by atoms with Crippen LogP contribution in [0.2, 0.25) is 0 Å². The van der Waals surface area contributed by atoms with Crippen LogP contribution >= 0.6 is 0 Å². The molecule has 8 heteroatoms. The molecule has 8 nitrogen and oxygen atoms in total. The third-order valence-electron chi connectivity index (χ3n) is 4.51. The van der Waals surface area contributed by atoms with E-state index in [1.807, 2.05) is 0 Å². The Bertz CT molecular complexity index is 565. The molecule has 3 rings (SSSR count). The van der Waals surface area contributed by atoms with Crippen molar-refractivity contribution in [2.45, 2.75) is 37.7 Å². The SMILES string of the molecule is Cn1ncnc1NCCNC(=O)C1CC(=O)OC12CCCC2. The highest BCUT2D eigenvalue weighted by molar-refractivity contribution is 5.87. The first kappa shape index (κ1) is 14.8. The lowest BCUT2D eigenvalue weighted by molar-refractivity contribution is -0.149. The van der Waals surface area contributed by atoms with Crippen LogP contribution in [0, 0.1) is 5.92 Å². The number of anilines is 1. The summed E-state index contributed by atoms with van der Waals surface area (Å²) in [5.41, 5.74) is -0.543. The number of esters is 1. The van der Waals surface area contributed by atoms with Crippen LogP contribution in [0.4, 0.5) is 5.95 Å². The molecule has 0 radical (unpaired) electrons. The van der Waals surface area contributed by atoms with Crippen LogP contribution in [0.3, 0.4) is 0 Å². The Morgan fingerprint density at radius 2 is 2.23 bits per heavy atom. The highest BCUT2D eigenvalue weighted by Crippen LogP contribution is 2.45. The molecule has 1 saturated carbocycles. The van der Waals surface area contributed by atoms with Gasteiger partial charge in [0, 0.05) is 20.1 Å². The second kappa shape index (κ2) is 5.94. The molecule has 22 heavy (non-hydrogen) atoms. The van der Waals surface area contributed by atoms with E-state index in [0.717, 1.165) is 25.7 Å². The monoisotopic (exact) mass is 307 g/mol. The Kier molecular flexibility index (Phi) is 4.00. The van der Waals surface area contributed by atoms with Gasteiger partial charge in [-0.05, 0) is 25.7 Å². The topological polar surface area (TPSA) is 98.1 Å². The highest BCUT2D eigenvalue weighted by atomic mass is 16.6. The molecule has 1 amide bonds. The fourth-order valence-electron chi connectivity index (χ4n) is 3.39. The zero-order chi connectivity index (χ0) is 15.6. The molecule has 0 aromatic carbocycles. The molecule has 1 aromatic heterocycles. The summed E-state index contributed by atoms with van der Waals surface area (Å²) in [6, 6.07) is 0. The minimum Gasteiger partial charge on any atom is -0.458 e. The minimum absolute atomic E-state index is 0.0903. The Balaban J connectivity index is 1.49. The summed E-state index contributed by atoms with van der Waals surface area (Å²) >= 11 is 0. The van der Waals surface area contributed by atoms with E-state index in [4.69, 9.17) is 4.74 Å². The number of amides is 1. The van der Waals surface area contributed by atoms with Gasteiger partial charge in [0.25, 0.3) is 0 Å². The number of rotatable bonds is 5. The van der Waals surface area contributed by atoms with Gasteiger partial charge in [-0.1, -0.05) is 0 Å². The summed E-state index contributed by atoms with van der Waals surface area (Å²) in [6.45, 7) is 1.01. The van der Waals surface area contributed by atoms with Gasteiger partial charge in [-0.3, -0.25) is 9.59 Å². The van der Waals surface area contributed by atoms with Crippen molar-refractivity contribution in [1.29, 1.82) is 0 Å². The molecule has 2 heterocycles. The van der Waals surface area contributed by atoms with E-state index >= 15 is 0 Å². The van der Waals surface area contributed by atoms with Crippen LogP contribution in [-0.2, 0) is 21.4 Å². The maximum absolute atomic E-state index is 12.4. The van der Waals surface area contributed by atoms with Crippen LogP contribution in [-0.4, -0.2) is 45.3 Å². The second-order valence-corrected chi connectivity index (χ2v) is 5.93. The van der Waals surface area contributed by atoms with Gasteiger partial charge >= 0.3 is 5.97 Å². The van der Waals surface area contributed by atoms with E-state index in [-0.39, 0.29) is 24.2 Å². The highest BCUT2D eigenvalue weighted by Gasteiger charge is 2.53. The summed E-state index contributed by atoms with van der Waals surface area (Å²) in [5, 5.41) is 9.92. The quantitative estimate of drug-likeness (QED) is 0.596. The van der Waals surface area contributed by atoms with Crippen LogP contribution in [0.5, 0.6) is 0 Å². The number of nitrogens with zero attached hydrogens (tertiary/aromatic N) is 3. The molecule has 1 aromatic rings. The molecule has 1 spiro atoms. The predicted octanol–water partition coefficient (Wildman–Crippen LogP) is 0.219. The van der Waals surface area contributed by atoms with Gasteiger partial charge < -0.3 is 15.4 Å². The van der Waals surface area contributed by atoms with Crippen molar-refractivity contribution in [3.63, 3.8) is 0 Å². The van der Waals surface area contributed by atoms with Crippen molar-refractivity contribution in [2.75, 3.05) is 18.4 Å². The van der Waals surface area contributed by atoms with Gasteiger partial charge in [-0.2, -0.15) is 10.1 Å². The third kappa shape index (κ3) is 2.77. The van der Waals surface area contributed by atoms with E-state index in [1.54, 1.807) is 11.7 Å². The standard InChI is InChI=1S/C14H21N5O3/c1-19-13(17-9-18-19)16-7-6-15-12(21)10-8-11(20)22-14(10)4-2-3-5-14/h9-10H,2-8H2,1H3,(H,15,21)(H,16,17,18). The zero-order valence-electron chi connectivity index (χ0n) is 12.7. The van der Waals surface area contributed by atoms with E-state index in [0.29, 0.717) is 19.0 Å². The molecule has 2 N–H and O–H groups in total. The Morgan fingerprint density at radius 1 is 1.45 bits per heavy atom. The van der Waals surface area contributed by atoms with Crippen LogP contribution in [0.15, 0.2) is 6.33 Å². The van der Waals surface area contributed by atoms with Crippen molar-refractivity contribution in [2.24, 2.45) is 13.0 Å². The number of ether oxygens (including phenoxy) is 1. The van der Waals surface area contributed by atoms with E-state index in [1.165, 1.54) is 6.33 Å². The summed E-state index contributed by atoms with van der Waals surface area (Å²) < 4.78 is 7.11. The Hall–Kier alpha value is -2.12. The van der Waals surface area contributed by atoms with E-state index in [2.05, 4.69) is 20.7 Å². The number of carbonyl (C=O) groups is 2. The number of carbonyl (C=O) groups excluding carboxylic acids is 2. The number of hydrogen-bond donors (Lipinski definition) is 2. The smallest absolute Gasteiger partial charge is 0.307 e. The molecule has 2 fully saturated rings. The van der Waals surface area contributed by atoms with Gasteiger partial charge in [0.1, 0.15) is 11.9 Å². The average Bonchev–Trinajstić information content (AvgIpc) is 3.18. The lowest BCUT2D eigenvalue weighted by atomic mass is 9.85. The fraction of sp³-hybridized carbons (Fsp3) is 0.714. The summed E-state index contributed by atoms with van der Waals surface area (Å²) in [6.07, 6.45) is 5.30. The van der Waals surface area contributed by atoms with Crippen molar-refractivity contribution in [3.8, 4) is 0 Å². The number of hydrogen-bond acceptors (Lipinski definition) is 6. The van der Waals surface area contributed by atoms with Gasteiger partial charge in [0.05, 0.1) is 12.3 Å². The summed E-state index contributed by atoms with van der Waals surface area (Å²) in [5.74, 6) is -0.0370. The number of aryl methyl sites for hydroxylation is 1. The number of nitrogens with one attached hydrogen (secondary N) is 2. The molecular formula is C14H21N5O3. The number of aromatic nitrogens is 3. The molecule has 0 bridgehead atoms. The molecule has 1 saturated heterocycles. The van der Waals surface area contributed by atoms with Gasteiger partial charge in [-0.25, -0.2) is 4.68 Å². The maximum atomic E-state index is 12.4. The molecule has 1 unspecified atom stereocenters. The second-order valence-electron chi connectivity index (χ2n) is 5.93. The fourth-order valence-corrected chi connectivity index (χ4v) is 3.39. The summed E-state index contributed by atoms with van der Waals surface area (Å²) in [7, 11) is 1.79. The molecule has 120 valence electrons. The van der Waals surface area contributed by atoms with Gasteiger partial charge in [0.15, 0.2) is 0 Å². The lowest BCUT2D eigenvalue weighted by Crippen LogP contribution is -2.43. The molecular weight excluding hydrogens is 286 g/mol. The molecule has 1 atom stereocenters. The third-order valence-corrected chi connectivity index (χ3v) is 4.51. The zero-order valence-corrected chi connectivity index (χ0v) is 12.7. The molecule has 1 aliphatic carbocycles. The van der Waals surface area contributed by atoms with Crippen molar-refractivity contribution >= 4 is 17.8 Å². The lowest BCUT2D eigenvalue weighted by Gasteiger charge is -2.27. The van der Waals surface area contributed by atoms with Crippen molar-refractivity contribution < 1.29 is 14.3 Å². The Labute approximate surface area is 128 Å². The minimum atomic E-state index is -0.543. The normalized spacial score (nSPS) is 22.8. The first-order chi connectivity index (χ1) is 10.6. The molecule has 2 aliphatic rings. The first-order valence-corrected chi connectivity index (χ1v) is 7.68. The Morgan fingerprint density at radius 3 is 2.91 bits per heavy atom. The first-order valence-electron chi connectivity index (χ1n) is 7.68. The molecule has 1 aliphatic heterocycles. The van der Waals surface area contributed by atoms with Gasteiger partial charge in [0.2, 0.25) is 11.9 Å². The van der Waals surface area contributed by atoms with Gasteiger partial charge in [-0.15, -0.1) is 0 Å². The van der Waals surface area contributed by atoms with E-state index < -0.39 is 5.60 Å². The summed E-state index contributed by atoms with van der Waals surface area (Å²) in [4.78, 5) is 28.0. The van der Waals surface area contributed by atoms with Crippen LogP contribution in [0.1, 0.15) is 32.1 Å². The van der Waals surface area contributed by atoms with E-state index in [9.17, 15) is 9.59 Å². The predicted molar refractivity (Wildman–Crippen MR) is 77.9 cm³/mol. The average molecular weight is 307 g/mol. The van der Waals surface area contributed by atoms with Crippen LogP contribution in [0.25, 0.3) is 0 Å². The van der Waals surface area contributed by atoms with Crippen molar-refractivity contribution in [3.05, 3.63) is 6.33 Å².